The molecule has 4 nitrogen and oxygen atoms in total. The van der Waals surface area contributed by atoms with Gasteiger partial charge in [-0.15, -0.1) is 0 Å². The monoisotopic (exact) mass is 456 g/mol. The number of ketones is 1. The summed E-state index contributed by atoms with van der Waals surface area (Å²) in [7, 11) is 0. The molecular weight excluding hydrogens is 429 g/mol. The van der Waals surface area contributed by atoms with E-state index in [-0.39, 0.29) is 35.9 Å². The highest BCUT2D eigenvalue weighted by atomic mass is 19.4. The number of nitrogens with zero attached hydrogens (tertiary/aromatic N) is 2. The van der Waals surface area contributed by atoms with Crippen LogP contribution in [0, 0.1) is 34.5 Å². The number of alkyl halides is 3. The largest absolute Gasteiger partial charge is 0.416 e. The zero-order chi connectivity index (χ0) is 24.0. The summed E-state index contributed by atoms with van der Waals surface area (Å²) in [6.07, 6.45) is 2.42. The first-order valence-corrected chi connectivity index (χ1v) is 11.4. The highest BCUT2D eigenvalue weighted by Gasteiger charge is 2.53. The highest BCUT2D eigenvalue weighted by Crippen LogP contribution is 2.57. The lowest BCUT2D eigenvalue weighted by Crippen LogP contribution is -2.48. The SMILES string of the molecule is CC1=CC(=O)C2C(CCC3=CN(c4ccc(C(F)(F)F)cc4)C(=O)CCC32C)C1CCC#N. The summed E-state index contributed by atoms with van der Waals surface area (Å²) < 4.78 is 38.9. The number of hydrogen-bond donors (Lipinski definition) is 0. The van der Waals surface area contributed by atoms with Crippen LogP contribution in [0.3, 0.4) is 0 Å². The van der Waals surface area contributed by atoms with Crippen molar-refractivity contribution in [2.45, 2.75) is 58.5 Å². The summed E-state index contributed by atoms with van der Waals surface area (Å²) in [5.41, 5.74) is 1.16. The molecule has 0 aromatic heterocycles. The average molecular weight is 457 g/mol. The predicted octanol–water partition coefficient (Wildman–Crippen LogP) is 6.20. The van der Waals surface area contributed by atoms with Gasteiger partial charge in [0.25, 0.3) is 0 Å². The normalized spacial score (nSPS) is 29.9. The van der Waals surface area contributed by atoms with E-state index in [9.17, 15) is 22.8 Å². The Balaban J connectivity index is 1.70. The minimum Gasteiger partial charge on any atom is -0.295 e. The molecule has 4 atom stereocenters. The van der Waals surface area contributed by atoms with E-state index in [0.717, 1.165) is 36.1 Å². The van der Waals surface area contributed by atoms with Crippen molar-refractivity contribution in [1.29, 1.82) is 5.26 Å². The summed E-state index contributed by atoms with van der Waals surface area (Å²) in [5, 5.41) is 9.08. The summed E-state index contributed by atoms with van der Waals surface area (Å²) >= 11 is 0. The molecule has 4 rings (SSSR count). The van der Waals surface area contributed by atoms with Crippen molar-refractivity contribution >= 4 is 17.4 Å². The Kier molecular flexibility index (Phi) is 5.98. The smallest absolute Gasteiger partial charge is 0.295 e. The van der Waals surface area contributed by atoms with Crippen LogP contribution in [0.5, 0.6) is 0 Å². The minimum atomic E-state index is -4.44. The molecule has 1 fully saturated rings. The summed E-state index contributed by atoms with van der Waals surface area (Å²) in [6.45, 7) is 4.01. The van der Waals surface area contributed by atoms with Gasteiger partial charge < -0.3 is 0 Å². The number of fused-ring (bicyclic) bond motifs is 3. The fourth-order valence-electron chi connectivity index (χ4n) is 6.10. The molecule has 1 heterocycles. The molecule has 0 radical (unpaired) electrons. The standard InChI is InChI=1S/C26H27F3N2O2/c1-16-14-22(32)24-21(20(16)4-3-13-30)10-7-18-15-31(23(33)11-12-25(18,24)2)19-8-5-17(6-9-19)26(27,28)29/h5-6,8-9,14-15,20-21,24H,3-4,7,10-12H2,1-2H3. The van der Waals surface area contributed by atoms with Crippen LogP contribution in [0.15, 0.2) is 47.7 Å². The van der Waals surface area contributed by atoms with Gasteiger partial charge in [-0.05, 0) is 80.4 Å². The van der Waals surface area contributed by atoms with Gasteiger partial charge in [0, 0.05) is 36.1 Å². The zero-order valence-electron chi connectivity index (χ0n) is 18.8. The number of carbonyl (C=O) groups excluding carboxylic acids is 2. The summed E-state index contributed by atoms with van der Waals surface area (Å²) in [4.78, 5) is 27.7. The Hall–Kier alpha value is -2.88. The molecule has 1 aromatic carbocycles. The number of halogens is 3. The highest BCUT2D eigenvalue weighted by molar-refractivity contribution is 5.97. The van der Waals surface area contributed by atoms with Crippen molar-refractivity contribution in [3.05, 3.63) is 53.3 Å². The Bertz CT molecular complexity index is 1060. The van der Waals surface area contributed by atoms with Crippen molar-refractivity contribution in [3.8, 4) is 6.07 Å². The maximum absolute atomic E-state index is 13.2. The molecule has 4 unspecified atom stereocenters. The van der Waals surface area contributed by atoms with E-state index in [1.165, 1.54) is 17.0 Å². The molecule has 33 heavy (non-hydrogen) atoms. The van der Waals surface area contributed by atoms with Crippen LogP contribution in [-0.4, -0.2) is 11.7 Å². The molecule has 1 aliphatic heterocycles. The predicted molar refractivity (Wildman–Crippen MR) is 118 cm³/mol. The van der Waals surface area contributed by atoms with Gasteiger partial charge in [0.1, 0.15) is 0 Å². The van der Waals surface area contributed by atoms with Crippen LogP contribution in [0.25, 0.3) is 0 Å². The van der Waals surface area contributed by atoms with Crippen molar-refractivity contribution in [2.75, 3.05) is 4.90 Å². The third-order valence-electron chi connectivity index (χ3n) is 7.83. The number of hydrogen-bond acceptors (Lipinski definition) is 3. The van der Waals surface area contributed by atoms with E-state index in [4.69, 9.17) is 5.26 Å². The average Bonchev–Trinajstić information content (AvgIpc) is 2.89. The Morgan fingerprint density at radius 2 is 1.88 bits per heavy atom. The van der Waals surface area contributed by atoms with Gasteiger partial charge in [0.05, 0.1) is 11.6 Å². The molecular formula is C26H27F3N2O2. The lowest BCUT2D eigenvalue weighted by atomic mass is 9.52. The van der Waals surface area contributed by atoms with Crippen LogP contribution in [0.2, 0.25) is 0 Å². The van der Waals surface area contributed by atoms with Gasteiger partial charge in [0.2, 0.25) is 5.91 Å². The maximum atomic E-state index is 13.2. The first-order valence-electron chi connectivity index (χ1n) is 11.4. The quantitative estimate of drug-likeness (QED) is 0.544. The van der Waals surface area contributed by atoms with Crippen molar-refractivity contribution in [1.82, 2.24) is 0 Å². The van der Waals surface area contributed by atoms with Crippen molar-refractivity contribution in [2.24, 2.45) is 23.2 Å². The molecule has 0 bridgehead atoms. The molecule has 1 saturated carbocycles. The number of rotatable bonds is 3. The number of anilines is 1. The summed E-state index contributed by atoms with van der Waals surface area (Å²) in [6, 6.07) is 6.83. The van der Waals surface area contributed by atoms with Gasteiger partial charge in [-0.2, -0.15) is 18.4 Å². The Labute approximate surface area is 191 Å². The van der Waals surface area contributed by atoms with E-state index in [2.05, 4.69) is 6.07 Å². The molecule has 7 heteroatoms. The lowest BCUT2D eigenvalue weighted by Gasteiger charge is -2.51. The molecule has 0 N–H and O–H groups in total. The van der Waals surface area contributed by atoms with Crippen molar-refractivity contribution in [3.63, 3.8) is 0 Å². The van der Waals surface area contributed by atoms with Crippen LogP contribution in [0.1, 0.15) is 57.9 Å². The second-order valence-corrected chi connectivity index (χ2v) is 9.65. The molecule has 1 amide bonds. The van der Waals surface area contributed by atoms with Crippen LogP contribution in [0.4, 0.5) is 18.9 Å². The summed E-state index contributed by atoms with van der Waals surface area (Å²) in [5.74, 6) is -0.0636. The topological polar surface area (TPSA) is 61.2 Å². The molecule has 0 spiro atoms. The van der Waals surface area contributed by atoms with Crippen LogP contribution >= 0.6 is 0 Å². The van der Waals surface area contributed by atoms with Gasteiger partial charge >= 0.3 is 6.18 Å². The van der Waals surface area contributed by atoms with E-state index >= 15 is 0 Å². The molecule has 2 aliphatic carbocycles. The van der Waals surface area contributed by atoms with Crippen LogP contribution < -0.4 is 4.90 Å². The Morgan fingerprint density at radius 1 is 1.18 bits per heavy atom. The molecule has 0 saturated heterocycles. The van der Waals surface area contributed by atoms with E-state index in [1.807, 2.05) is 13.8 Å². The van der Waals surface area contributed by atoms with E-state index in [1.54, 1.807) is 12.3 Å². The lowest BCUT2D eigenvalue weighted by molar-refractivity contribution is -0.137. The number of allylic oxidation sites excluding steroid dienone is 3. The second-order valence-electron chi connectivity index (χ2n) is 9.65. The molecule has 1 aromatic rings. The minimum absolute atomic E-state index is 0.0780. The third-order valence-corrected chi connectivity index (χ3v) is 7.83. The number of carbonyl (C=O) groups is 2. The third kappa shape index (κ3) is 4.12. The zero-order valence-corrected chi connectivity index (χ0v) is 18.8. The van der Waals surface area contributed by atoms with Gasteiger partial charge in [0.15, 0.2) is 5.78 Å². The fourth-order valence-corrected chi connectivity index (χ4v) is 6.10. The van der Waals surface area contributed by atoms with Crippen molar-refractivity contribution < 1.29 is 22.8 Å². The Morgan fingerprint density at radius 3 is 2.52 bits per heavy atom. The van der Waals surface area contributed by atoms with Gasteiger partial charge in [-0.1, -0.05) is 12.5 Å². The maximum Gasteiger partial charge on any atom is 0.416 e. The first-order chi connectivity index (χ1) is 15.6. The number of nitriles is 1. The molecule has 3 aliphatic rings. The number of benzene rings is 1. The van der Waals surface area contributed by atoms with Crippen LogP contribution in [-0.2, 0) is 15.8 Å². The first kappa shape index (κ1) is 23.3. The number of amides is 1. The van der Waals surface area contributed by atoms with Gasteiger partial charge in [-0.25, -0.2) is 0 Å². The van der Waals surface area contributed by atoms with E-state index < -0.39 is 17.2 Å². The molecule has 174 valence electrons. The van der Waals surface area contributed by atoms with Gasteiger partial charge in [-0.3, -0.25) is 14.5 Å². The fraction of sp³-hybridized carbons (Fsp3) is 0.500. The van der Waals surface area contributed by atoms with E-state index in [0.29, 0.717) is 24.9 Å². The second kappa shape index (κ2) is 8.48.